The Hall–Kier alpha value is -2.73. The highest BCUT2D eigenvalue weighted by molar-refractivity contribution is 6.30. The van der Waals surface area contributed by atoms with Gasteiger partial charge < -0.3 is 19.7 Å². The maximum Gasteiger partial charge on any atom is 0.253 e. The average molecular weight is 403 g/mol. The first-order valence-corrected chi connectivity index (χ1v) is 9.47. The lowest BCUT2D eigenvalue weighted by molar-refractivity contribution is -0.121. The molecule has 0 spiro atoms. The fourth-order valence-electron chi connectivity index (χ4n) is 3.29. The number of carbonyl (C=O) groups is 2. The van der Waals surface area contributed by atoms with Crippen LogP contribution in [0.5, 0.6) is 11.5 Å². The lowest BCUT2D eigenvalue weighted by Crippen LogP contribution is -2.41. The summed E-state index contributed by atoms with van der Waals surface area (Å²) in [4.78, 5) is 27.0. The number of methoxy groups -OCH3 is 2. The molecule has 0 bridgehead atoms. The van der Waals surface area contributed by atoms with Gasteiger partial charge in [-0.2, -0.15) is 0 Å². The first-order chi connectivity index (χ1) is 13.5. The van der Waals surface area contributed by atoms with Gasteiger partial charge in [-0.25, -0.2) is 0 Å². The molecule has 0 radical (unpaired) electrons. The molecule has 1 heterocycles. The summed E-state index contributed by atoms with van der Waals surface area (Å²) in [5.74, 6) is 0.913. The SMILES string of the molecule is COc1ccc(NC(=O)C2CCN(C(=O)c3cccc(Cl)c3)CC2)c(OC)c1. The van der Waals surface area contributed by atoms with E-state index in [4.69, 9.17) is 21.1 Å². The van der Waals surface area contributed by atoms with Crippen LogP contribution in [0, 0.1) is 5.92 Å². The summed E-state index contributed by atoms with van der Waals surface area (Å²) >= 11 is 5.97. The lowest BCUT2D eigenvalue weighted by Gasteiger charge is -2.31. The molecule has 1 fully saturated rings. The minimum atomic E-state index is -0.157. The van der Waals surface area contributed by atoms with Crippen molar-refractivity contribution in [1.29, 1.82) is 0 Å². The van der Waals surface area contributed by atoms with Gasteiger partial charge in [0.15, 0.2) is 0 Å². The number of amides is 2. The highest BCUT2D eigenvalue weighted by Gasteiger charge is 2.28. The topological polar surface area (TPSA) is 67.9 Å². The molecule has 0 unspecified atom stereocenters. The van der Waals surface area contributed by atoms with Crippen molar-refractivity contribution in [1.82, 2.24) is 4.90 Å². The molecule has 148 valence electrons. The Morgan fingerprint density at radius 3 is 2.46 bits per heavy atom. The number of nitrogens with one attached hydrogen (secondary N) is 1. The molecule has 1 N–H and O–H groups in total. The van der Waals surface area contributed by atoms with Gasteiger partial charge in [0, 0.05) is 35.7 Å². The quantitative estimate of drug-likeness (QED) is 0.824. The van der Waals surface area contributed by atoms with Crippen LogP contribution in [-0.2, 0) is 4.79 Å². The Morgan fingerprint density at radius 1 is 1.07 bits per heavy atom. The summed E-state index contributed by atoms with van der Waals surface area (Å²) in [6.07, 6.45) is 1.22. The fraction of sp³-hybridized carbons (Fsp3) is 0.333. The largest absolute Gasteiger partial charge is 0.497 e. The molecule has 3 rings (SSSR count). The smallest absolute Gasteiger partial charge is 0.253 e. The van der Waals surface area contributed by atoms with Crippen LogP contribution >= 0.6 is 11.6 Å². The van der Waals surface area contributed by atoms with Crippen LogP contribution in [0.4, 0.5) is 5.69 Å². The van der Waals surface area contributed by atoms with Crippen molar-refractivity contribution in [2.24, 2.45) is 5.92 Å². The molecular formula is C21H23ClN2O4. The molecular weight excluding hydrogens is 380 g/mol. The summed E-state index contributed by atoms with van der Waals surface area (Å²) in [6, 6.07) is 12.2. The minimum absolute atomic E-state index is 0.0572. The number of nitrogens with zero attached hydrogens (tertiary/aromatic N) is 1. The number of piperidine rings is 1. The van der Waals surface area contributed by atoms with Crippen LogP contribution in [0.3, 0.4) is 0 Å². The van der Waals surface area contributed by atoms with Gasteiger partial charge in [0.2, 0.25) is 5.91 Å². The van der Waals surface area contributed by atoms with Crippen molar-refractivity contribution < 1.29 is 19.1 Å². The highest BCUT2D eigenvalue weighted by Crippen LogP contribution is 2.30. The van der Waals surface area contributed by atoms with E-state index in [1.54, 1.807) is 61.6 Å². The van der Waals surface area contributed by atoms with Crippen LogP contribution < -0.4 is 14.8 Å². The van der Waals surface area contributed by atoms with E-state index in [1.165, 1.54) is 0 Å². The van der Waals surface area contributed by atoms with Crippen molar-refractivity contribution in [2.45, 2.75) is 12.8 Å². The van der Waals surface area contributed by atoms with Gasteiger partial charge in [-0.15, -0.1) is 0 Å². The molecule has 2 aromatic rings. The third-order valence-corrected chi connectivity index (χ3v) is 5.13. The zero-order valence-electron chi connectivity index (χ0n) is 15.9. The molecule has 0 atom stereocenters. The number of carbonyl (C=O) groups excluding carboxylic acids is 2. The number of likely N-dealkylation sites (tertiary alicyclic amines) is 1. The molecule has 0 aromatic heterocycles. The second-order valence-corrected chi connectivity index (χ2v) is 7.07. The monoisotopic (exact) mass is 402 g/mol. The van der Waals surface area contributed by atoms with Gasteiger partial charge in [0.25, 0.3) is 5.91 Å². The summed E-state index contributed by atoms with van der Waals surface area (Å²) < 4.78 is 10.5. The first-order valence-electron chi connectivity index (χ1n) is 9.09. The molecule has 6 nitrogen and oxygen atoms in total. The predicted molar refractivity (Wildman–Crippen MR) is 108 cm³/mol. The summed E-state index contributed by atoms with van der Waals surface area (Å²) in [7, 11) is 3.12. The van der Waals surface area contributed by atoms with Crippen molar-refractivity contribution in [3.63, 3.8) is 0 Å². The fourth-order valence-corrected chi connectivity index (χ4v) is 3.48. The van der Waals surface area contributed by atoms with Gasteiger partial charge >= 0.3 is 0 Å². The first kappa shape index (κ1) is 20.0. The maximum absolute atomic E-state index is 12.7. The standard InChI is InChI=1S/C21H23ClN2O4/c1-27-17-6-7-18(19(13-17)28-2)23-20(25)14-8-10-24(11-9-14)21(26)15-4-3-5-16(22)12-15/h3-7,12-14H,8-11H2,1-2H3,(H,23,25). The number of hydrogen-bond acceptors (Lipinski definition) is 4. The van der Waals surface area contributed by atoms with Crippen molar-refractivity contribution in [3.05, 3.63) is 53.1 Å². The zero-order valence-corrected chi connectivity index (χ0v) is 16.7. The van der Waals surface area contributed by atoms with Crippen LogP contribution in [0.2, 0.25) is 5.02 Å². The number of rotatable bonds is 5. The minimum Gasteiger partial charge on any atom is -0.497 e. The van der Waals surface area contributed by atoms with Crippen LogP contribution in [0.25, 0.3) is 0 Å². The summed E-state index contributed by atoms with van der Waals surface area (Å²) in [6.45, 7) is 1.06. The molecule has 28 heavy (non-hydrogen) atoms. The van der Waals surface area contributed by atoms with E-state index < -0.39 is 0 Å². The molecule has 7 heteroatoms. The van der Waals surface area contributed by atoms with E-state index >= 15 is 0 Å². The Labute approximate surface area is 169 Å². The van der Waals surface area contributed by atoms with Gasteiger partial charge in [0.1, 0.15) is 11.5 Å². The van der Waals surface area contributed by atoms with Crippen LogP contribution in [0.1, 0.15) is 23.2 Å². The van der Waals surface area contributed by atoms with E-state index in [0.29, 0.717) is 53.7 Å². The van der Waals surface area contributed by atoms with Crippen molar-refractivity contribution in [3.8, 4) is 11.5 Å². The van der Waals surface area contributed by atoms with Crippen molar-refractivity contribution in [2.75, 3.05) is 32.6 Å². The van der Waals surface area contributed by atoms with E-state index in [0.717, 1.165) is 0 Å². The Kier molecular flexibility index (Phi) is 6.41. The number of halogens is 1. The highest BCUT2D eigenvalue weighted by atomic mass is 35.5. The van der Waals surface area contributed by atoms with Crippen LogP contribution in [-0.4, -0.2) is 44.0 Å². The third kappa shape index (κ3) is 4.57. The number of hydrogen-bond donors (Lipinski definition) is 1. The predicted octanol–water partition coefficient (Wildman–Crippen LogP) is 3.85. The second kappa shape index (κ2) is 8.97. The Morgan fingerprint density at radius 2 is 1.82 bits per heavy atom. The van der Waals surface area contributed by atoms with Crippen LogP contribution in [0.15, 0.2) is 42.5 Å². The average Bonchev–Trinajstić information content (AvgIpc) is 2.73. The molecule has 2 aromatic carbocycles. The second-order valence-electron chi connectivity index (χ2n) is 6.63. The Balaban J connectivity index is 1.59. The van der Waals surface area contributed by atoms with E-state index in [9.17, 15) is 9.59 Å². The normalized spacial score (nSPS) is 14.5. The van der Waals surface area contributed by atoms with E-state index in [1.807, 2.05) is 0 Å². The molecule has 1 aliphatic heterocycles. The summed E-state index contributed by atoms with van der Waals surface area (Å²) in [5, 5.41) is 3.46. The van der Waals surface area contributed by atoms with Gasteiger partial charge in [-0.05, 0) is 43.2 Å². The van der Waals surface area contributed by atoms with E-state index in [-0.39, 0.29) is 17.7 Å². The molecule has 0 saturated carbocycles. The van der Waals surface area contributed by atoms with Gasteiger partial charge in [-0.1, -0.05) is 17.7 Å². The molecule has 1 aliphatic rings. The van der Waals surface area contributed by atoms with Gasteiger partial charge in [-0.3, -0.25) is 9.59 Å². The number of anilines is 1. The van der Waals surface area contributed by atoms with E-state index in [2.05, 4.69) is 5.32 Å². The number of ether oxygens (including phenoxy) is 2. The number of benzene rings is 2. The van der Waals surface area contributed by atoms with Gasteiger partial charge in [0.05, 0.1) is 19.9 Å². The maximum atomic E-state index is 12.7. The third-order valence-electron chi connectivity index (χ3n) is 4.89. The summed E-state index contributed by atoms with van der Waals surface area (Å²) in [5.41, 5.74) is 1.17. The molecule has 1 saturated heterocycles. The molecule has 2 amide bonds. The van der Waals surface area contributed by atoms with Crippen molar-refractivity contribution >= 4 is 29.1 Å². The Bertz CT molecular complexity index is 863. The molecule has 0 aliphatic carbocycles. The lowest BCUT2D eigenvalue weighted by atomic mass is 9.95. The zero-order chi connectivity index (χ0) is 20.1.